The second kappa shape index (κ2) is 6.42. The van der Waals surface area contributed by atoms with E-state index in [-0.39, 0.29) is 11.4 Å². The molecule has 0 bridgehead atoms. The van der Waals surface area contributed by atoms with Crippen LogP contribution in [0.2, 0.25) is 0 Å². The largest absolute Gasteiger partial charge is 0.365 e. The number of rotatable bonds is 5. The van der Waals surface area contributed by atoms with Gasteiger partial charge in [-0.3, -0.25) is 4.79 Å². The Balaban J connectivity index is 2.06. The van der Waals surface area contributed by atoms with E-state index in [1.165, 1.54) is 18.2 Å². The van der Waals surface area contributed by atoms with E-state index in [0.717, 1.165) is 0 Å². The fraction of sp³-hybridized carbons (Fsp3) is 0.0714. The molecular weight excluding hydrogens is 259 g/mol. The quantitative estimate of drug-likeness (QED) is 0.820. The summed E-state index contributed by atoms with van der Waals surface area (Å²) in [4.78, 5) is 11.9. The molecule has 5 nitrogen and oxygen atoms in total. The average molecular weight is 272 g/mol. The molecule has 1 heterocycles. The van der Waals surface area contributed by atoms with Gasteiger partial charge in [-0.2, -0.15) is 0 Å². The van der Waals surface area contributed by atoms with Crippen molar-refractivity contribution in [2.24, 2.45) is 0 Å². The van der Waals surface area contributed by atoms with Crippen LogP contribution in [0, 0.1) is 5.82 Å². The molecule has 1 amide bonds. The minimum absolute atomic E-state index is 0.105. The van der Waals surface area contributed by atoms with Gasteiger partial charge in [0.25, 0.3) is 5.91 Å². The first-order valence-corrected chi connectivity index (χ1v) is 5.95. The van der Waals surface area contributed by atoms with Crippen LogP contribution in [0.5, 0.6) is 0 Å². The Morgan fingerprint density at radius 3 is 2.70 bits per heavy atom. The minimum Gasteiger partial charge on any atom is -0.365 e. The molecule has 0 fully saturated rings. The summed E-state index contributed by atoms with van der Waals surface area (Å²) in [5.41, 5.74) is 0.213. The predicted molar refractivity (Wildman–Crippen MR) is 75.1 cm³/mol. The molecule has 1 aromatic heterocycles. The monoisotopic (exact) mass is 272 g/mol. The molecule has 0 radical (unpaired) electrons. The van der Waals surface area contributed by atoms with E-state index in [1.54, 1.807) is 24.3 Å². The molecule has 2 rings (SSSR count). The summed E-state index contributed by atoms with van der Waals surface area (Å²) in [5.74, 6) is -0.483. The number of hydrogen-bond acceptors (Lipinski definition) is 4. The van der Waals surface area contributed by atoms with Crippen molar-refractivity contribution in [1.82, 2.24) is 10.2 Å². The smallest absolute Gasteiger partial charge is 0.276 e. The minimum atomic E-state index is -0.516. The van der Waals surface area contributed by atoms with Crippen LogP contribution in [0.15, 0.2) is 49.1 Å². The molecule has 20 heavy (non-hydrogen) atoms. The Morgan fingerprint density at radius 1 is 1.25 bits per heavy atom. The summed E-state index contributed by atoms with van der Waals surface area (Å²) in [5, 5.41) is 13.0. The first kappa shape index (κ1) is 13.7. The van der Waals surface area contributed by atoms with Crippen LogP contribution in [0.25, 0.3) is 0 Å². The van der Waals surface area contributed by atoms with Gasteiger partial charge >= 0.3 is 0 Å². The summed E-state index contributed by atoms with van der Waals surface area (Å²) < 4.78 is 13.4. The lowest BCUT2D eigenvalue weighted by Crippen LogP contribution is -2.15. The zero-order valence-corrected chi connectivity index (χ0v) is 10.6. The van der Waals surface area contributed by atoms with Crippen molar-refractivity contribution in [3.8, 4) is 0 Å². The highest BCUT2D eigenvalue weighted by atomic mass is 19.1. The molecule has 2 aromatic rings. The molecule has 0 aliphatic carbocycles. The molecule has 0 aliphatic rings. The van der Waals surface area contributed by atoms with Crippen molar-refractivity contribution in [3.63, 3.8) is 0 Å². The average Bonchev–Trinajstić information content (AvgIpc) is 2.48. The van der Waals surface area contributed by atoms with Crippen molar-refractivity contribution in [2.75, 3.05) is 17.2 Å². The number of hydrogen-bond donors (Lipinski definition) is 2. The summed E-state index contributed by atoms with van der Waals surface area (Å²) in [7, 11) is 0. The lowest BCUT2D eigenvalue weighted by atomic mass is 10.3. The number of anilines is 2. The van der Waals surface area contributed by atoms with Crippen LogP contribution in [0.3, 0.4) is 0 Å². The van der Waals surface area contributed by atoms with Gasteiger partial charge in [0.05, 0.1) is 5.69 Å². The number of carbonyl (C=O) groups excluding carboxylic acids is 1. The van der Waals surface area contributed by atoms with Crippen LogP contribution < -0.4 is 10.6 Å². The first-order valence-electron chi connectivity index (χ1n) is 5.95. The third kappa shape index (κ3) is 3.38. The van der Waals surface area contributed by atoms with E-state index in [4.69, 9.17) is 0 Å². The summed E-state index contributed by atoms with van der Waals surface area (Å²) >= 11 is 0. The normalized spacial score (nSPS) is 9.85. The molecule has 0 atom stereocenters. The summed E-state index contributed by atoms with van der Waals surface area (Å²) in [6, 6.07) is 9.04. The molecule has 1 aromatic carbocycles. The van der Waals surface area contributed by atoms with E-state index in [2.05, 4.69) is 27.4 Å². The Bertz CT molecular complexity index is 613. The van der Waals surface area contributed by atoms with Gasteiger partial charge in [-0.25, -0.2) is 4.39 Å². The number of aromatic nitrogens is 2. The highest BCUT2D eigenvalue weighted by Crippen LogP contribution is 2.13. The molecule has 2 N–H and O–H groups in total. The number of carbonyl (C=O) groups is 1. The maximum Gasteiger partial charge on any atom is 0.276 e. The summed E-state index contributed by atoms with van der Waals surface area (Å²) in [6.07, 6.45) is 1.68. The highest BCUT2D eigenvalue weighted by molar-refractivity contribution is 6.02. The second-order valence-corrected chi connectivity index (χ2v) is 3.91. The molecule has 0 unspecified atom stereocenters. The van der Waals surface area contributed by atoms with Crippen LogP contribution >= 0.6 is 0 Å². The zero-order chi connectivity index (χ0) is 14.4. The Morgan fingerprint density at radius 2 is 2.05 bits per heavy atom. The van der Waals surface area contributed by atoms with E-state index in [0.29, 0.717) is 12.4 Å². The molecule has 102 valence electrons. The van der Waals surface area contributed by atoms with Crippen LogP contribution in [0.1, 0.15) is 10.5 Å². The van der Waals surface area contributed by atoms with Gasteiger partial charge in [-0.1, -0.05) is 18.2 Å². The number of nitrogens with zero attached hydrogens (tertiary/aromatic N) is 2. The van der Waals surface area contributed by atoms with Crippen LogP contribution in [-0.2, 0) is 0 Å². The summed E-state index contributed by atoms with van der Waals surface area (Å²) in [6.45, 7) is 4.12. The number of nitrogens with one attached hydrogen (secondary N) is 2. The van der Waals surface area contributed by atoms with Gasteiger partial charge in [-0.15, -0.1) is 16.8 Å². The van der Waals surface area contributed by atoms with Gasteiger partial charge in [-0.05, 0) is 24.3 Å². The van der Waals surface area contributed by atoms with Gasteiger partial charge in [0.1, 0.15) is 11.6 Å². The maximum atomic E-state index is 13.4. The van der Waals surface area contributed by atoms with E-state index < -0.39 is 11.7 Å². The molecule has 0 spiro atoms. The maximum absolute atomic E-state index is 13.4. The molecule has 6 heteroatoms. The van der Waals surface area contributed by atoms with Gasteiger partial charge in [0.15, 0.2) is 5.69 Å². The topological polar surface area (TPSA) is 66.9 Å². The molecule has 0 aliphatic heterocycles. The molecule has 0 saturated carbocycles. The fourth-order valence-electron chi connectivity index (χ4n) is 1.47. The number of para-hydroxylation sites is 1. The lowest BCUT2D eigenvalue weighted by Gasteiger charge is -2.06. The number of benzene rings is 1. The van der Waals surface area contributed by atoms with Gasteiger partial charge in [0.2, 0.25) is 0 Å². The van der Waals surface area contributed by atoms with Crippen molar-refractivity contribution in [1.29, 1.82) is 0 Å². The van der Waals surface area contributed by atoms with Crippen molar-refractivity contribution in [3.05, 3.63) is 60.6 Å². The van der Waals surface area contributed by atoms with E-state index in [9.17, 15) is 9.18 Å². The van der Waals surface area contributed by atoms with E-state index in [1.807, 2.05) is 0 Å². The molecular formula is C14H13FN4O. The van der Waals surface area contributed by atoms with Gasteiger partial charge < -0.3 is 10.6 Å². The SMILES string of the molecule is C=CCNc1ccc(C(=O)Nc2ccccc2F)nn1. The number of amides is 1. The van der Waals surface area contributed by atoms with Crippen molar-refractivity contribution >= 4 is 17.4 Å². The third-order valence-electron chi connectivity index (χ3n) is 2.45. The predicted octanol–water partition coefficient (Wildman–Crippen LogP) is 2.47. The van der Waals surface area contributed by atoms with Crippen LogP contribution in [0.4, 0.5) is 15.9 Å². The zero-order valence-electron chi connectivity index (χ0n) is 10.6. The van der Waals surface area contributed by atoms with Crippen molar-refractivity contribution < 1.29 is 9.18 Å². The Hall–Kier alpha value is -2.76. The highest BCUT2D eigenvalue weighted by Gasteiger charge is 2.10. The third-order valence-corrected chi connectivity index (χ3v) is 2.45. The standard InChI is InChI=1S/C14H13FN4O/c1-2-9-16-13-8-7-12(18-19-13)14(20)17-11-6-4-3-5-10(11)15/h2-8H,1,9H2,(H,16,19)(H,17,20). The van der Waals surface area contributed by atoms with E-state index >= 15 is 0 Å². The van der Waals surface area contributed by atoms with Crippen LogP contribution in [-0.4, -0.2) is 22.6 Å². The van der Waals surface area contributed by atoms with Crippen molar-refractivity contribution in [2.45, 2.75) is 0 Å². The Kier molecular flexibility index (Phi) is 4.39. The second-order valence-electron chi connectivity index (χ2n) is 3.91. The number of halogens is 1. The first-order chi connectivity index (χ1) is 9.70. The fourth-order valence-corrected chi connectivity index (χ4v) is 1.47. The molecule has 0 saturated heterocycles. The lowest BCUT2D eigenvalue weighted by molar-refractivity contribution is 0.102. The Labute approximate surface area is 115 Å². The van der Waals surface area contributed by atoms with Gasteiger partial charge in [0, 0.05) is 6.54 Å².